The normalized spacial score (nSPS) is 20.2. The molecule has 1 amide bonds. The quantitative estimate of drug-likeness (QED) is 0.750. The number of hydrogen-bond donors (Lipinski definition) is 3. The number of aryl methyl sites for hydroxylation is 1. The zero-order valence-electron chi connectivity index (χ0n) is 13.0. The number of carbonyl (C=O) groups excluding carboxylic acids is 1. The molecule has 0 aliphatic carbocycles. The van der Waals surface area contributed by atoms with E-state index in [2.05, 4.69) is 21.2 Å². The van der Waals surface area contributed by atoms with Gasteiger partial charge in [0.25, 0.3) is 0 Å². The second kappa shape index (κ2) is 7.50. The highest BCUT2D eigenvalue weighted by Gasteiger charge is 2.29. The van der Waals surface area contributed by atoms with Crippen LogP contribution in [-0.2, 0) is 11.3 Å². The number of benzene rings is 1. The molecule has 0 radical (unpaired) electrons. The molecular formula is C16H19F2N5O. The topological polar surface area (TPSA) is 71.0 Å². The molecule has 1 aromatic carbocycles. The lowest BCUT2D eigenvalue weighted by molar-refractivity contribution is -0.122. The minimum Gasteiger partial charge on any atom is -0.339 e. The van der Waals surface area contributed by atoms with Crippen molar-refractivity contribution in [2.45, 2.75) is 38.0 Å². The number of carbonyl (C=O) groups is 1. The van der Waals surface area contributed by atoms with Crippen molar-refractivity contribution in [3.8, 4) is 0 Å². The molecule has 1 saturated heterocycles. The number of rotatable bonds is 6. The van der Waals surface area contributed by atoms with Gasteiger partial charge in [-0.25, -0.2) is 24.6 Å². The molecule has 1 aliphatic rings. The summed E-state index contributed by atoms with van der Waals surface area (Å²) in [5.74, 6) is -1.30. The lowest BCUT2D eigenvalue weighted by atomic mass is 10.0. The molecule has 3 N–H and O–H groups in total. The van der Waals surface area contributed by atoms with Crippen LogP contribution in [0.5, 0.6) is 0 Å². The molecule has 1 aliphatic heterocycles. The maximum atomic E-state index is 13.8. The summed E-state index contributed by atoms with van der Waals surface area (Å²) in [6.45, 7) is 0.715. The standard InChI is InChI=1S/C16H19F2N5O/c17-11-3-1-4-12(18)16(11)13-9-14(22-21-13)20-15(24)5-2-7-23-8-6-19-10-23/h1,3-4,6,8,10,13-14,21-22H,2,5,7,9H2,(H,20,24). The Morgan fingerprint density at radius 2 is 2.12 bits per heavy atom. The molecule has 0 bridgehead atoms. The first-order chi connectivity index (χ1) is 11.6. The van der Waals surface area contributed by atoms with Crippen molar-refractivity contribution < 1.29 is 13.6 Å². The minimum absolute atomic E-state index is 0.0122. The summed E-state index contributed by atoms with van der Waals surface area (Å²) in [4.78, 5) is 15.9. The fourth-order valence-corrected chi connectivity index (χ4v) is 2.79. The molecule has 8 heteroatoms. The van der Waals surface area contributed by atoms with E-state index < -0.39 is 17.7 Å². The largest absolute Gasteiger partial charge is 0.339 e. The van der Waals surface area contributed by atoms with Gasteiger partial charge >= 0.3 is 0 Å². The number of aromatic nitrogens is 2. The van der Waals surface area contributed by atoms with Gasteiger partial charge in [0.2, 0.25) is 5.91 Å². The van der Waals surface area contributed by atoms with Crippen molar-refractivity contribution in [2.24, 2.45) is 0 Å². The van der Waals surface area contributed by atoms with Crippen LogP contribution in [0.25, 0.3) is 0 Å². The molecule has 3 rings (SSSR count). The van der Waals surface area contributed by atoms with Crippen LogP contribution in [0.15, 0.2) is 36.9 Å². The van der Waals surface area contributed by atoms with E-state index in [-0.39, 0.29) is 17.6 Å². The Morgan fingerprint density at radius 1 is 1.33 bits per heavy atom. The zero-order valence-corrected chi connectivity index (χ0v) is 13.0. The minimum atomic E-state index is -0.596. The maximum absolute atomic E-state index is 13.8. The highest BCUT2D eigenvalue weighted by Crippen LogP contribution is 2.26. The average Bonchev–Trinajstić information content (AvgIpc) is 3.19. The fraction of sp³-hybridized carbons (Fsp3) is 0.375. The number of nitrogens with one attached hydrogen (secondary N) is 3. The van der Waals surface area contributed by atoms with Crippen LogP contribution in [0.3, 0.4) is 0 Å². The third-order valence-electron chi connectivity index (χ3n) is 3.97. The Balaban J connectivity index is 1.46. The van der Waals surface area contributed by atoms with E-state index >= 15 is 0 Å². The van der Waals surface area contributed by atoms with Crippen LogP contribution >= 0.6 is 0 Å². The van der Waals surface area contributed by atoms with E-state index in [1.807, 2.05) is 10.8 Å². The molecule has 0 saturated carbocycles. The average molecular weight is 335 g/mol. The molecule has 6 nitrogen and oxygen atoms in total. The van der Waals surface area contributed by atoms with Gasteiger partial charge in [-0.1, -0.05) is 6.07 Å². The molecule has 1 fully saturated rings. The van der Waals surface area contributed by atoms with Crippen LogP contribution in [0, 0.1) is 11.6 Å². The summed E-state index contributed by atoms with van der Waals surface area (Å²) in [7, 11) is 0. The Kier molecular flexibility index (Phi) is 5.17. The summed E-state index contributed by atoms with van der Waals surface area (Å²) in [5.41, 5.74) is 5.68. The fourth-order valence-electron chi connectivity index (χ4n) is 2.79. The van der Waals surface area contributed by atoms with Crippen LogP contribution in [-0.4, -0.2) is 21.6 Å². The molecule has 0 spiro atoms. The van der Waals surface area contributed by atoms with E-state index in [0.717, 1.165) is 0 Å². The van der Waals surface area contributed by atoms with Gasteiger partial charge in [0.05, 0.1) is 18.5 Å². The van der Waals surface area contributed by atoms with E-state index in [4.69, 9.17) is 0 Å². The molecule has 24 heavy (non-hydrogen) atoms. The van der Waals surface area contributed by atoms with Gasteiger partial charge in [-0.3, -0.25) is 4.79 Å². The molecule has 1 aromatic heterocycles. The Morgan fingerprint density at radius 3 is 2.83 bits per heavy atom. The van der Waals surface area contributed by atoms with Crippen LogP contribution in [0.4, 0.5) is 8.78 Å². The maximum Gasteiger partial charge on any atom is 0.221 e. The van der Waals surface area contributed by atoms with Crippen molar-refractivity contribution in [3.05, 3.63) is 54.1 Å². The zero-order chi connectivity index (χ0) is 16.9. The van der Waals surface area contributed by atoms with E-state index in [0.29, 0.717) is 25.8 Å². The number of hydrogen-bond acceptors (Lipinski definition) is 4. The van der Waals surface area contributed by atoms with E-state index in [1.165, 1.54) is 18.2 Å². The highest BCUT2D eigenvalue weighted by atomic mass is 19.1. The Labute approximate surface area is 138 Å². The van der Waals surface area contributed by atoms with E-state index in [9.17, 15) is 13.6 Å². The summed E-state index contributed by atoms with van der Waals surface area (Å²) < 4.78 is 29.5. The summed E-state index contributed by atoms with van der Waals surface area (Å²) in [6, 6.07) is 3.25. The second-order valence-corrected chi connectivity index (χ2v) is 5.74. The summed E-state index contributed by atoms with van der Waals surface area (Å²) >= 11 is 0. The smallest absolute Gasteiger partial charge is 0.221 e. The van der Waals surface area contributed by atoms with Crippen molar-refractivity contribution in [1.29, 1.82) is 0 Å². The summed E-state index contributed by atoms with van der Waals surface area (Å²) in [5, 5.41) is 2.82. The molecule has 128 valence electrons. The van der Waals surface area contributed by atoms with Gasteiger partial charge in [0, 0.05) is 37.3 Å². The number of hydrazine groups is 1. The van der Waals surface area contributed by atoms with Gasteiger partial charge in [-0.05, 0) is 18.6 Å². The van der Waals surface area contributed by atoms with Crippen LogP contribution in [0.1, 0.15) is 30.9 Å². The van der Waals surface area contributed by atoms with E-state index in [1.54, 1.807) is 12.5 Å². The number of nitrogens with zero attached hydrogens (tertiary/aromatic N) is 2. The number of halogens is 2. The lowest BCUT2D eigenvalue weighted by Crippen LogP contribution is -2.44. The number of imidazole rings is 1. The van der Waals surface area contributed by atoms with Gasteiger partial charge in [-0.15, -0.1) is 0 Å². The first-order valence-electron chi connectivity index (χ1n) is 7.83. The second-order valence-electron chi connectivity index (χ2n) is 5.74. The molecule has 2 heterocycles. The predicted octanol–water partition coefficient (Wildman–Crippen LogP) is 1.62. The van der Waals surface area contributed by atoms with Crippen LogP contribution in [0.2, 0.25) is 0 Å². The molecule has 2 atom stereocenters. The monoisotopic (exact) mass is 335 g/mol. The van der Waals surface area contributed by atoms with Crippen molar-refractivity contribution >= 4 is 5.91 Å². The first-order valence-corrected chi connectivity index (χ1v) is 7.83. The van der Waals surface area contributed by atoms with Gasteiger partial charge < -0.3 is 9.88 Å². The molecule has 2 aromatic rings. The van der Waals surface area contributed by atoms with Gasteiger partial charge in [0.15, 0.2) is 0 Å². The van der Waals surface area contributed by atoms with Gasteiger partial charge in [-0.2, -0.15) is 0 Å². The third kappa shape index (κ3) is 3.95. The molecule has 2 unspecified atom stereocenters. The Hall–Kier alpha value is -2.32. The van der Waals surface area contributed by atoms with Crippen molar-refractivity contribution in [3.63, 3.8) is 0 Å². The lowest BCUT2D eigenvalue weighted by Gasteiger charge is -2.13. The third-order valence-corrected chi connectivity index (χ3v) is 3.97. The van der Waals surface area contributed by atoms with Crippen molar-refractivity contribution in [2.75, 3.05) is 0 Å². The first kappa shape index (κ1) is 16.5. The highest BCUT2D eigenvalue weighted by molar-refractivity contribution is 5.76. The number of amides is 1. The Bertz CT molecular complexity index is 672. The molecular weight excluding hydrogens is 316 g/mol. The SMILES string of the molecule is O=C(CCCn1ccnc1)NC1CC(c2c(F)cccc2F)NN1. The van der Waals surface area contributed by atoms with Crippen LogP contribution < -0.4 is 16.2 Å². The predicted molar refractivity (Wildman–Crippen MR) is 83.4 cm³/mol. The van der Waals surface area contributed by atoms with Crippen molar-refractivity contribution in [1.82, 2.24) is 25.7 Å². The van der Waals surface area contributed by atoms with Gasteiger partial charge in [0.1, 0.15) is 11.6 Å². The summed E-state index contributed by atoms with van der Waals surface area (Å²) in [6.07, 6.45) is 6.29.